The summed E-state index contributed by atoms with van der Waals surface area (Å²) < 4.78 is 5.69. The van der Waals surface area contributed by atoms with E-state index in [-0.39, 0.29) is 6.10 Å². The Morgan fingerprint density at radius 2 is 1.78 bits per heavy atom. The molecule has 1 aliphatic heterocycles. The second-order valence-electron chi connectivity index (χ2n) is 6.48. The first-order valence-corrected chi connectivity index (χ1v) is 9.47. The van der Waals surface area contributed by atoms with E-state index in [2.05, 4.69) is 20.6 Å². The summed E-state index contributed by atoms with van der Waals surface area (Å²) in [6, 6.07) is 19.4. The second-order valence-corrected chi connectivity index (χ2v) is 6.91. The minimum absolute atomic E-state index is 0.243. The van der Waals surface area contributed by atoms with Crippen molar-refractivity contribution in [3.8, 4) is 11.4 Å². The normalized spacial score (nSPS) is 16.3. The molecule has 138 valence electrons. The molecule has 1 aliphatic rings. The van der Waals surface area contributed by atoms with E-state index < -0.39 is 0 Å². The first kappa shape index (κ1) is 17.8. The van der Waals surface area contributed by atoms with Crippen molar-refractivity contribution in [1.29, 1.82) is 0 Å². The molecule has 1 unspecified atom stereocenters. The van der Waals surface area contributed by atoms with Crippen LogP contribution in [0.4, 0.5) is 17.3 Å². The van der Waals surface area contributed by atoms with E-state index in [1.165, 1.54) is 0 Å². The monoisotopic (exact) mass is 380 g/mol. The van der Waals surface area contributed by atoms with Crippen LogP contribution in [0.15, 0.2) is 60.7 Å². The number of anilines is 3. The van der Waals surface area contributed by atoms with Gasteiger partial charge in [0, 0.05) is 35.5 Å². The van der Waals surface area contributed by atoms with Crippen molar-refractivity contribution in [2.45, 2.75) is 18.9 Å². The fraction of sp³-hybridized carbons (Fsp3) is 0.238. The van der Waals surface area contributed by atoms with Crippen molar-refractivity contribution >= 4 is 28.9 Å². The van der Waals surface area contributed by atoms with Crippen LogP contribution < -0.4 is 10.6 Å². The van der Waals surface area contributed by atoms with Gasteiger partial charge in [-0.2, -0.15) is 0 Å². The fourth-order valence-corrected chi connectivity index (χ4v) is 3.15. The van der Waals surface area contributed by atoms with E-state index in [9.17, 15) is 0 Å². The van der Waals surface area contributed by atoms with E-state index >= 15 is 0 Å². The van der Waals surface area contributed by atoms with Gasteiger partial charge in [-0.25, -0.2) is 9.97 Å². The van der Waals surface area contributed by atoms with E-state index in [1.807, 2.05) is 60.7 Å². The lowest BCUT2D eigenvalue weighted by Gasteiger charge is -2.14. The minimum atomic E-state index is 0.243. The van der Waals surface area contributed by atoms with Crippen LogP contribution in [0, 0.1) is 0 Å². The average molecular weight is 381 g/mol. The largest absolute Gasteiger partial charge is 0.376 e. The first-order valence-electron chi connectivity index (χ1n) is 9.09. The molecule has 1 saturated heterocycles. The molecular formula is C21H21ClN4O. The highest BCUT2D eigenvalue weighted by Gasteiger charge is 2.16. The zero-order valence-corrected chi connectivity index (χ0v) is 15.6. The standard InChI is InChI=1S/C21H21ClN4O/c22-16-8-10-17(11-9-16)24-20-13-19(23-14-18-7-4-12-27-18)25-21(26-20)15-5-2-1-3-6-15/h1-3,5-6,8-11,13,18H,4,7,12,14H2,(H2,23,24,25,26). The molecule has 1 aromatic heterocycles. The number of halogens is 1. The molecule has 2 heterocycles. The Labute approximate surface area is 163 Å². The molecule has 2 aromatic carbocycles. The minimum Gasteiger partial charge on any atom is -0.376 e. The SMILES string of the molecule is Clc1ccc(Nc2cc(NCC3CCCO3)nc(-c3ccccc3)n2)cc1. The number of benzene rings is 2. The van der Waals surface area contributed by atoms with Crippen molar-refractivity contribution in [3.63, 3.8) is 0 Å². The van der Waals surface area contributed by atoms with Crippen molar-refractivity contribution in [1.82, 2.24) is 9.97 Å². The third-order valence-electron chi connectivity index (χ3n) is 4.41. The van der Waals surface area contributed by atoms with Crippen LogP contribution in [0.1, 0.15) is 12.8 Å². The zero-order valence-electron chi connectivity index (χ0n) is 14.9. The molecule has 4 rings (SSSR count). The summed E-state index contributed by atoms with van der Waals surface area (Å²) >= 11 is 5.97. The quantitative estimate of drug-likeness (QED) is 0.620. The maximum Gasteiger partial charge on any atom is 0.163 e. The molecule has 3 aromatic rings. The molecule has 6 heteroatoms. The molecule has 1 atom stereocenters. The van der Waals surface area contributed by atoms with Gasteiger partial charge in [0.05, 0.1) is 6.10 Å². The van der Waals surface area contributed by atoms with E-state index in [0.29, 0.717) is 10.8 Å². The number of rotatable bonds is 6. The van der Waals surface area contributed by atoms with Gasteiger partial charge in [-0.1, -0.05) is 41.9 Å². The Morgan fingerprint density at radius 1 is 1.00 bits per heavy atom. The van der Waals surface area contributed by atoms with Gasteiger partial charge in [-0.05, 0) is 37.1 Å². The summed E-state index contributed by atoms with van der Waals surface area (Å²) in [6.45, 7) is 1.58. The van der Waals surface area contributed by atoms with E-state index in [4.69, 9.17) is 16.3 Å². The number of hydrogen-bond donors (Lipinski definition) is 2. The molecule has 0 radical (unpaired) electrons. The van der Waals surface area contributed by atoms with Crippen LogP contribution in [-0.2, 0) is 4.74 Å². The molecule has 0 aliphatic carbocycles. The molecule has 1 fully saturated rings. The van der Waals surface area contributed by atoms with Crippen LogP contribution in [-0.4, -0.2) is 29.2 Å². The number of nitrogens with one attached hydrogen (secondary N) is 2. The number of nitrogens with zero attached hydrogens (tertiary/aromatic N) is 2. The van der Waals surface area contributed by atoms with Crippen LogP contribution >= 0.6 is 11.6 Å². The van der Waals surface area contributed by atoms with Gasteiger partial charge in [0.2, 0.25) is 0 Å². The Hall–Kier alpha value is -2.63. The van der Waals surface area contributed by atoms with Crippen molar-refractivity contribution < 1.29 is 4.74 Å². The van der Waals surface area contributed by atoms with Crippen molar-refractivity contribution in [2.24, 2.45) is 0 Å². The molecule has 2 N–H and O–H groups in total. The fourth-order valence-electron chi connectivity index (χ4n) is 3.02. The maximum absolute atomic E-state index is 5.97. The molecule has 0 bridgehead atoms. The van der Waals surface area contributed by atoms with Gasteiger partial charge < -0.3 is 15.4 Å². The average Bonchev–Trinajstić information content (AvgIpc) is 3.22. The van der Waals surface area contributed by atoms with Gasteiger partial charge in [0.25, 0.3) is 0 Å². The Morgan fingerprint density at radius 3 is 2.52 bits per heavy atom. The lowest BCUT2D eigenvalue weighted by Crippen LogP contribution is -2.19. The summed E-state index contributed by atoms with van der Waals surface area (Å²) in [5.74, 6) is 2.17. The summed E-state index contributed by atoms with van der Waals surface area (Å²) in [4.78, 5) is 9.36. The summed E-state index contributed by atoms with van der Waals surface area (Å²) in [5.41, 5.74) is 1.89. The van der Waals surface area contributed by atoms with Gasteiger partial charge in [-0.3, -0.25) is 0 Å². The highest BCUT2D eigenvalue weighted by atomic mass is 35.5. The molecule has 27 heavy (non-hydrogen) atoms. The van der Waals surface area contributed by atoms with Gasteiger partial charge in [-0.15, -0.1) is 0 Å². The summed E-state index contributed by atoms with van der Waals surface area (Å²) in [6.07, 6.45) is 2.45. The predicted molar refractivity (Wildman–Crippen MR) is 110 cm³/mol. The van der Waals surface area contributed by atoms with Crippen LogP contribution in [0.25, 0.3) is 11.4 Å². The smallest absolute Gasteiger partial charge is 0.163 e. The predicted octanol–water partition coefficient (Wildman–Crippen LogP) is 5.13. The van der Waals surface area contributed by atoms with Gasteiger partial charge in [0.1, 0.15) is 11.6 Å². The van der Waals surface area contributed by atoms with Crippen molar-refractivity contribution in [3.05, 3.63) is 65.7 Å². The summed E-state index contributed by atoms with van der Waals surface area (Å²) in [5, 5.41) is 7.42. The summed E-state index contributed by atoms with van der Waals surface area (Å²) in [7, 11) is 0. The lowest BCUT2D eigenvalue weighted by atomic mass is 10.2. The molecule has 0 amide bonds. The Bertz CT molecular complexity index is 880. The van der Waals surface area contributed by atoms with Crippen LogP contribution in [0.3, 0.4) is 0 Å². The first-order chi connectivity index (χ1) is 13.3. The highest BCUT2D eigenvalue weighted by molar-refractivity contribution is 6.30. The maximum atomic E-state index is 5.97. The number of hydrogen-bond acceptors (Lipinski definition) is 5. The van der Waals surface area contributed by atoms with E-state index in [0.717, 1.165) is 48.9 Å². The number of ether oxygens (including phenoxy) is 1. The molecule has 5 nitrogen and oxygen atoms in total. The lowest BCUT2D eigenvalue weighted by molar-refractivity contribution is 0.120. The zero-order chi connectivity index (χ0) is 18.5. The van der Waals surface area contributed by atoms with Gasteiger partial charge >= 0.3 is 0 Å². The second kappa shape index (κ2) is 8.37. The third kappa shape index (κ3) is 4.76. The Balaban J connectivity index is 1.60. The molecular weight excluding hydrogens is 360 g/mol. The topological polar surface area (TPSA) is 59.1 Å². The highest BCUT2D eigenvalue weighted by Crippen LogP contribution is 2.24. The van der Waals surface area contributed by atoms with Crippen LogP contribution in [0.5, 0.6) is 0 Å². The van der Waals surface area contributed by atoms with Crippen molar-refractivity contribution in [2.75, 3.05) is 23.8 Å². The molecule has 0 saturated carbocycles. The third-order valence-corrected chi connectivity index (χ3v) is 4.66. The van der Waals surface area contributed by atoms with Crippen LogP contribution in [0.2, 0.25) is 5.02 Å². The van der Waals surface area contributed by atoms with Gasteiger partial charge in [0.15, 0.2) is 5.82 Å². The molecule has 0 spiro atoms. The Kier molecular flexibility index (Phi) is 5.51. The van der Waals surface area contributed by atoms with E-state index in [1.54, 1.807) is 0 Å². The number of aromatic nitrogens is 2.